The molecule has 2 heterocycles. The number of halogens is 1. The number of ether oxygens (including phenoxy) is 1. The first-order chi connectivity index (χ1) is 16.6. The van der Waals surface area contributed by atoms with Gasteiger partial charge in [0.05, 0.1) is 4.88 Å². The van der Waals surface area contributed by atoms with E-state index in [0.29, 0.717) is 43.4 Å². The number of thiophene rings is 1. The van der Waals surface area contributed by atoms with E-state index in [1.807, 2.05) is 57.6 Å². The number of benzene rings is 2. The molecule has 0 bridgehead atoms. The smallest absolute Gasteiger partial charge is 0.264 e. The van der Waals surface area contributed by atoms with Crippen molar-refractivity contribution in [1.82, 2.24) is 14.7 Å². The van der Waals surface area contributed by atoms with Crippen LogP contribution in [0, 0.1) is 5.82 Å². The van der Waals surface area contributed by atoms with Crippen LogP contribution in [0.5, 0.6) is 5.75 Å². The zero-order chi connectivity index (χ0) is 23.8. The van der Waals surface area contributed by atoms with E-state index in [9.17, 15) is 14.0 Å². The fourth-order valence-corrected chi connectivity index (χ4v) is 4.55. The van der Waals surface area contributed by atoms with Crippen molar-refractivity contribution in [2.45, 2.75) is 6.54 Å². The van der Waals surface area contributed by atoms with E-state index >= 15 is 0 Å². The van der Waals surface area contributed by atoms with Crippen molar-refractivity contribution >= 4 is 23.2 Å². The first-order valence-electron chi connectivity index (χ1n) is 11.3. The summed E-state index contributed by atoms with van der Waals surface area (Å²) in [5, 5.41) is 1.89. The lowest BCUT2D eigenvalue weighted by atomic mass is 10.2. The number of carbonyl (C=O) groups is 2. The number of amides is 2. The summed E-state index contributed by atoms with van der Waals surface area (Å²) >= 11 is 1.42. The Bertz CT molecular complexity index is 1050. The summed E-state index contributed by atoms with van der Waals surface area (Å²) in [6.45, 7) is 4.47. The quantitative estimate of drug-likeness (QED) is 0.467. The maximum Gasteiger partial charge on any atom is 0.264 e. The molecule has 0 atom stereocenters. The molecule has 178 valence electrons. The lowest BCUT2D eigenvalue weighted by molar-refractivity contribution is -0.135. The van der Waals surface area contributed by atoms with Crippen LogP contribution < -0.4 is 4.74 Å². The molecule has 0 N–H and O–H groups in total. The van der Waals surface area contributed by atoms with Crippen LogP contribution in [0.25, 0.3) is 0 Å². The fraction of sp³-hybridized carbons (Fsp3) is 0.308. The monoisotopic (exact) mass is 481 g/mol. The molecule has 1 aliphatic heterocycles. The average Bonchev–Trinajstić information content (AvgIpc) is 3.42. The van der Waals surface area contributed by atoms with Gasteiger partial charge in [0.2, 0.25) is 0 Å². The summed E-state index contributed by atoms with van der Waals surface area (Å²) < 4.78 is 18.9. The minimum Gasteiger partial charge on any atom is -0.484 e. The van der Waals surface area contributed by atoms with Gasteiger partial charge in [0.1, 0.15) is 11.6 Å². The zero-order valence-electron chi connectivity index (χ0n) is 18.9. The van der Waals surface area contributed by atoms with Gasteiger partial charge in [0, 0.05) is 45.8 Å². The maximum absolute atomic E-state index is 13.3. The molecular formula is C26H28FN3O3S. The van der Waals surface area contributed by atoms with Gasteiger partial charge in [0.25, 0.3) is 11.8 Å². The van der Waals surface area contributed by atoms with Crippen LogP contribution in [-0.4, -0.2) is 72.4 Å². The molecule has 3 aromatic rings. The van der Waals surface area contributed by atoms with Gasteiger partial charge in [-0.25, -0.2) is 4.39 Å². The minimum atomic E-state index is -0.290. The lowest BCUT2D eigenvalue weighted by Gasteiger charge is -2.35. The van der Waals surface area contributed by atoms with Crippen molar-refractivity contribution < 1.29 is 18.7 Å². The van der Waals surface area contributed by atoms with Gasteiger partial charge in [0.15, 0.2) is 6.61 Å². The Hall–Kier alpha value is -3.23. The molecule has 0 saturated carbocycles. The molecule has 0 aliphatic carbocycles. The SMILES string of the molecule is O=C(COc1ccccc1)N1CCN(CCN(Cc2ccc(F)cc2)C(=O)c2cccs2)CC1. The third kappa shape index (κ3) is 6.65. The van der Waals surface area contributed by atoms with E-state index < -0.39 is 0 Å². The summed E-state index contributed by atoms with van der Waals surface area (Å²) in [5.74, 6) is 0.355. The second-order valence-electron chi connectivity index (χ2n) is 8.15. The maximum atomic E-state index is 13.3. The van der Waals surface area contributed by atoms with E-state index in [4.69, 9.17) is 4.74 Å². The van der Waals surface area contributed by atoms with E-state index in [1.165, 1.54) is 23.5 Å². The van der Waals surface area contributed by atoms with Gasteiger partial charge >= 0.3 is 0 Å². The highest BCUT2D eigenvalue weighted by atomic mass is 32.1. The van der Waals surface area contributed by atoms with Crippen molar-refractivity contribution in [3.8, 4) is 5.75 Å². The van der Waals surface area contributed by atoms with Crippen LogP contribution in [-0.2, 0) is 11.3 Å². The van der Waals surface area contributed by atoms with Gasteiger partial charge in [-0.15, -0.1) is 11.3 Å². The van der Waals surface area contributed by atoms with Crippen molar-refractivity contribution in [2.75, 3.05) is 45.9 Å². The first kappa shape index (κ1) is 23.9. The molecule has 2 amide bonds. The summed E-state index contributed by atoms with van der Waals surface area (Å²) in [4.78, 5) is 32.1. The van der Waals surface area contributed by atoms with E-state index in [0.717, 1.165) is 18.7 Å². The standard InChI is InChI=1S/C26H28FN3O3S/c27-22-10-8-21(9-11-22)19-30(26(32)24-7-4-18-34-24)17-14-28-12-15-29(16-13-28)25(31)20-33-23-5-2-1-3-6-23/h1-11,18H,12-17,19-20H2. The second kappa shape index (κ2) is 11.8. The molecule has 34 heavy (non-hydrogen) atoms. The highest BCUT2D eigenvalue weighted by Crippen LogP contribution is 2.16. The number of nitrogens with zero attached hydrogens (tertiary/aromatic N) is 3. The second-order valence-corrected chi connectivity index (χ2v) is 9.10. The predicted octanol–water partition coefficient (Wildman–Crippen LogP) is 3.75. The molecule has 1 fully saturated rings. The number of carbonyl (C=O) groups excluding carboxylic acids is 2. The summed E-state index contributed by atoms with van der Waals surface area (Å²) in [7, 11) is 0. The number of hydrogen-bond acceptors (Lipinski definition) is 5. The molecule has 4 rings (SSSR count). The molecule has 2 aromatic carbocycles. The van der Waals surface area contributed by atoms with Gasteiger partial charge in [-0.05, 0) is 41.3 Å². The van der Waals surface area contributed by atoms with Crippen LogP contribution in [0.1, 0.15) is 15.2 Å². The van der Waals surface area contributed by atoms with Crippen LogP contribution in [0.2, 0.25) is 0 Å². The molecular weight excluding hydrogens is 453 g/mol. The predicted molar refractivity (Wildman–Crippen MR) is 130 cm³/mol. The third-order valence-electron chi connectivity index (χ3n) is 5.82. The Morgan fingerprint density at radius 1 is 0.941 bits per heavy atom. The number of hydrogen-bond donors (Lipinski definition) is 0. The molecule has 0 unspecified atom stereocenters. The Kier molecular flexibility index (Phi) is 8.27. The van der Waals surface area contributed by atoms with E-state index in [1.54, 1.807) is 12.1 Å². The Balaban J connectivity index is 1.27. The first-order valence-corrected chi connectivity index (χ1v) is 12.2. The molecule has 8 heteroatoms. The molecule has 1 aliphatic rings. The van der Waals surface area contributed by atoms with Crippen LogP contribution in [0.4, 0.5) is 4.39 Å². The highest BCUT2D eigenvalue weighted by Gasteiger charge is 2.23. The van der Waals surface area contributed by atoms with Crippen molar-refractivity contribution in [3.63, 3.8) is 0 Å². The third-order valence-corrected chi connectivity index (χ3v) is 6.68. The zero-order valence-corrected chi connectivity index (χ0v) is 19.8. The van der Waals surface area contributed by atoms with Crippen LogP contribution in [0.15, 0.2) is 72.1 Å². The fourth-order valence-electron chi connectivity index (χ4n) is 3.85. The molecule has 0 spiro atoms. The minimum absolute atomic E-state index is 0.0192. The molecule has 1 saturated heterocycles. The lowest BCUT2D eigenvalue weighted by Crippen LogP contribution is -2.51. The number of rotatable bonds is 9. The number of para-hydroxylation sites is 1. The van der Waals surface area contributed by atoms with Crippen LogP contribution in [0.3, 0.4) is 0 Å². The topological polar surface area (TPSA) is 53.1 Å². The molecule has 0 radical (unpaired) electrons. The largest absolute Gasteiger partial charge is 0.484 e. The van der Waals surface area contributed by atoms with Crippen LogP contribution >= 0.6 is 11.3 Å². The summed E-state index contributed by atoms with van der Waals surface area (Å²) in [5.41, 5.74) is 0.889. The van der Waals surface area contributed by atoms with Crippen molar-refractivity contribution in [2.24, 2.45) is 0 Å². The molecule has 1 aromatic heterocycles. The van der Waals surface area contributed by atoms with E-state index in [-0.39, 0.29) is 24.2 Å². The van der Waals surface area contributed by atoms with E-state index in [2.05, 4.69) is 4.90 Å². The Morgan fingerprint density at radius 2 is 1.68 bits per heavy atom. The van der Waals surface area contributed by atoms with Gasteiger partial charge in [-0.3, -0.25) is 14.5 Å². The summed E-state index contributed by atoms with van der Waals surface area (Å²) in [6, 6.07) is 19.3. The Morgan fingerprint density at radius 3 is 2.35 bits per heavy atom. The van der Waals surface area contributed by atoms with Gasteiger partial charge in [-0.2, -0.15) is 0 Å². The highest BCUT2D eigenvalue weighted by molar-refractivity contribution is 7.12. The van der Waals surface area contributed by atoms with Crippen molar-refractivity contribution in [1.29, 1.82) is 0 Å². The van der Waals surface area contributed by atoms with Gasteiger partial charge < -0.3 is 14.5 Å². The average molecular weight is 482 g/mol. The molecule has 6 nitrogen and oxygen atoms in total. The van der Waals surface area contributed by atoms with Gasteiger partial charge in [-0.1, -0.05) is 36.4 Å². The Labute approximate surface area is 203 Å². The summed E-state index contributed by atoms with van der Waals surface area (Å²) in [6.07, 6.45) is 0. The van der Waals surface area contributed by atoms with Crippen molar-refractivity contribution in [3.05, 3.63) is 88.4 Å². The number of piperazine rings is 1. The normalized spacial score (nSPS) is 14.1.